The van der Waals surface area contributed by atoms with Crippen LogP contribution in [-0.2, 0) is 23.9 Å². The summed E-state index contributed by atoms with van der Waals surface area (Å²) in [7, 11) is 0. The van der Waals surface area contributed by atoms with E-state index in [2.05, 4.69) is 6.92 Å². The number of carboxylic acids is 1. The molecule has 4 rings (SSSR count). The molecular formula is C25H34O8. The van der Waals surface area contributed by atoms with Gasteiger partial charge in [0.25, 0.3) is 0 Å². The topological polar surface area (TPSA) is 138 Å². The maximum absolute atomic E-state index is 13.1. The second kappa shape index (κ2) is 8.31. The van der Waals surface area contributed by atoms with Gasteiger partial charge in [-0.25, -0.2) is 0 Å². The lowest BCUT2D eigenvalue weighted by atomic mass is 9.45. The lowest BCUT2D eigenvalue weighted by molar-refractivity contribution is -0.184. The highest BCUT2D eigenvalue weighted by molar-refractivity contribution is 5.92. The summed E-state index contributed by atoms with van der Waals surface area (Å²) in [5, 5.41) is 31.6. The van der Waals surface area contributed by atoms with E-state index in [0.29, 0.717) is 12.8 Å². The minimum absolute atomic E-state index is 0.0185. The van der Waals surface area contributed by atoms with Crippen molar-refractivity contribution < 1.29 is 39.2 Å². The maximum Gasteiger partial charge on any atom is 0.306 e. The number of carboxylic acid groups (broad SMARTS) is 1. The number of esters is 1. The van der Waals surface area contributed by atoms with Crippen molar-refractivity contribution in [3.05, 3.63) is 11.6 Å². The number of fused-ring (bicyclic) bond motifs is 5. The molecule has 8 heteroatoms. The highest BCUT2D eigenvalue weighted by Crippen LogP contribution is 2.67. The van der Waals surface area contributed by atoms with Crippen molar-refractivity contribution in [3.8, 4) is 0 Å². The van der Waals surface area contributed by atoms with Gasteiger partial charge >= 0.3 is 11.9 Å². The van der Waals surface area contributed by atoms with E-state index >= 15 is 0 Å². The minimum atomic E-state index is -1.71. The average molecular weight is 463 g/mol. The Morgan fingerprint density at radius 3 is 2.55 bits per heavy atom. The molecule has 3 N–H and O–H groups in total. The SMILES string of the molecule is C[C@]12CCC(=O)C=C1CC[C@@H]1[C@@H]2[C@H](O)C[C@@]2(C)[C@@H]1CC[C@]2(O)C(=O)COC(=O)CCC(=O)O. The van der Waals surface area contributed by atoms with Gasteiger partial charge in [-0.1, -0.05) is 19.4 Å². The molecule has 4 aliphatic rings. The fourth-order valence-electron chi connectivity index (χ4n) is 7.70. The zero-order valence-electron chi connectivity index (χ0n) is 19.3. The molecule has 0 saturated heterocycles. The number of ketones is 2. The lowest BCUT2D eigenvalue weighted by Crippen LogP contribution is -2.62. The van der Waals surface area contributed by atoms with Gasteiger partial charge in [-0.2, -0.15) is 0 Å². The van der Waals surface area contributed by atoms with E-state index in [-0.39, 0.29) is 54.6 Å². The van der Waals surface area contributed by atoms with Gasteiger partial charge in [0.2, 0.25) is 5.78 Å². The van der Waals surface area contributed by atoms with E-state index in [1.165, 1.54) is 0 Å². The van der Waals surface area contributed by atoms with Crippen LogP contribution in [0.3, 0.4) is 0 Å². The number of allylic oxidation sites excluding steroid dienone is 1. The van der Waals surface area contributed by atoms with E-state index < -0.39 is 41.4 Å². The molecule has 0 aromatic carbocycles. The fraction of sp³-hybridized carbons (Fsp3) is 0.760. The molecule has 0 aliphatic heterocycles. The van der Waals surface area contributed by atoms with Crippen LogP contribution in [0.1, 0.15) is 71.6 Å². The molecule has 0 aromatic heterocycles. The molecule has 0 aromatic rings. The first-order valence-corrected chi connectivity index (χ1v) is 12.0. The second-order valence-corrected chi connectivity index (χ2v) is 11.0. The predicted octanol–water partition coefficient (Wildman–Crippen LogP) is 2.20. The predicted molar refractivity (Wildman–Crippen MR) is 116 cm³/mol. The van der Waals surface area contributed by atoms with E-state index in [9.17, 15) is 29.4 Å². The van der Waals surface area contributed by atoms with Crippen molar-refractivity contribution in [2.45, 2.75) is 83.3 Å². The molecule has 182 valence electrons. The van der Waals surface area contributed by atoms with Crippen molar-refractivity contribution in [1.29, 1.82) is 0 Å². The van der Waals surface area contributed by atoms with Gasteiger partial charge in [0.05, 0.1) is 18.9 Å². The van der Waals surface area contributed by atoms with Crippen LogP contribution in [0.4, 0.5) is 0 Å². The van der Waals surface area contributed by atoms with Crippen LogP contribution in [-0.4, -0.2) is 57.1 Å². The number of hydrogen-bond donors (Lipinski definition) is 3. The Morgan fingerprint density at radius 2 is 1.85 bits per heavy atom. The quantitative estimate of drug-likeness (QED) is 0.511. The molecule has 0 radical (unpaired) electrons. The first kappa shape index (κ1) is 24.1. The van der Waals surface area contributed by atoms with Gasteiger partial charge in [0, 0.05) is 11.8 Å². The maximum atomic E-state index is 13.1. The molecule has 0 heterocycles. The van der Waals surface area contributed by atoms with Crippen LogP contribution in [0.25, 0.3) is 0 Å². The molecule has 7 atom stereocenters. The zero-order chi connectivity index (χ0) is 24.2. The third-order valence-corrected chi connectivity index (χ3v) is 9.42. The Bertz CT molecular complexity index is 908. The van der Waals surface area contributed by atoms with E-state index in [1.807, 2.05) is 6.92 Å². The molecule has 0 spiro atoms. The van der Waals surface area contributed by atoms with Crippen molar-refractivity contribution in [2.75, 3.05) is 6.61 Å². The van der Waals surface area contributed by atoms with Crippen LogP contribution < -0.4 is 0 Å². The van der Waals surface area contributed by atoms with Gasteiger partial charge in [-0.15, -0.1) is 0 Å². The van der Waals surface area contributed by atoms with Gasteiger partial charge < -0.3 is 20.1 Å². The molecular weight excluding hydrogens is 428 g/mol. The van der Waals surface area contributed by atoms with E-state index in [1.54, 1.807) is 6.08 Å². The van der Waals surface area contributed by atoms with Crippen molar-refractivity contribution in [1.82, 2.24) is 0 Å². The summed E-state index contributed by atoms with van der Waals surface area (Å²) in [5.74, 6) is -2.20. The fourth-order valence-corrected chi connectivity index (χ4v) is 7.70. The second-order valence-electron chi connectivity index (χ2n) is 11.0. The molecule has 8 nitrogen and oxygen atoms in total. The number of hydrogen-bond acceptors (Lipinski definition) is 7. The first-order chi connectivity index (χ1) is 15.4. The number of ether oxygens (including phenoxy) is 1. The summed E-state index contributed by atoms with van der Waals surface area (Å²) in [5.41, 5.74) is -1.68. The molecule has 0 amide bonds. The monoisotopic (exact) mass is 462 g/mol. The van der Waals surface area contributed by atoms with Crippen molar-refractivity contribution in [3.63, 3.8) is 0 Å². The van der Waals surface area contributed by atoms with Crippen molar-refractivity contribution in [2.24, 2.45) is 28.6 Å². The molecule has 3 saturated carbocycles. The van der Waals surface area contributed by atoms with Crippen LogP contribution in [0.15, 0.2) is 11.6 Å². The third kappa shape index (κ3) is 3.75. The number of aliphatic hydroxyl groups is 2. The third-order valence-electron chi connectivity index (χ3n) is 9.42. The summed E-state index contributed by atoms with van der Waals surface area (Å²) >= 11 is 0. The Morgan fingerprint density at radius 1 is 1.12 bits per heavy atom. The normalized spacial score (nSPS) is 41.9. The molecule has 0 bridgehead atoms. The standard InChI is InChI=1S/C25H34O8/c1-23-9-7-15(26)11-14(23)3-4-16-17-8-10-25(32,24(17,2)12-18(27)22(16)23)19(28)13-33-21(31)6-5-20(29)30/h11,16-18,22,27,32H,3-10,12-13H2,1-2H3,(H,29,30)/t16-,17+,18+,22+,23-,24-,25-/m0/s1. The lowest BCUT2D eigenvalue weighted by Gasteiger charge is -2.60. The first-order valence-electron chi connectivity index (χ1n) is 12.0. The van der Waals surface area contributed by atoms with Crippen LogP contribution in [0.5, 0.6) is 0 Å². The van der Waals surface area contributed by atoms with E-state index in [0.717, 1.165) is 24.8 Å². The highest BCUT2D eigenvalue weighted by atomic mass is 16.5. The Kier molecular flexibility index (Phi) is 6.06. The Hall–Kier alpha value is -2.06. The van der Waals surface area contributed by atoms with Gasteiger partial charge in [-0.3, -0.25) is 19.2 Å². The summed E-state index contributed by atoms with van der Waals surface area (Å²) < 4.78 is 4.97. The van der Waals surface area contributed by atoms with Gasteiger partial charge in [-0.05, 0) is 67.8 Å². The number of aliphatic hydroxyl groups excluding tert-OH is 1. The van der Waals surface area contributed by atoms with Crippen molar-refractivity contribution >= 4 is 23.5 Å². The number of rotatable bonds is 6. The summed E-state index contributed by atoms with van der Waals surface area (Å²) in [6.07, 6.45) is 4.30. The Labute approximate surface area is 193 Å². The number of carbonyl (C=O) groups is 4. The summed E-state index contributed by atoms with van der Waals surface area (Å²) in [6.45, 7) is 3.41. The molecule has 3 fully saturated rings. The van der Waals surface area contributed by atoms with Crippen LogP contribution in [0.2, 0.25) is 0 Å². The number of carbonyl (C=O) groups excluding carboxylic acids is 3. The highest BCUT2D eigenvalue weighted by Gasteiger charge is 2.68. The van der Waals surface area contributed by atoms with Gasteiger partial charge in [0.15, 0.2) is 12.4 Å². The smallest absolute Gasteiger partial charge is 0.306 e. The number of aliphatic carboxylic acids is 1. The minimum Gasteiger partial charge on any atom is -0.481 e. The number of Topliss-reactive ketones (excluding diaryl/α,β-unsaturated/α-hetero) is 1. The summed E-state index contributed by atoms with van der Waals surface area (Å²) in [6, 6.07) is 0. The largest absolute Gasteiger partial charge is 0.481 e. The average Bonchev–Trinajstić information content (AvgIpc) is 3.02. The summed E-state index contributed by atoms with van der Waals surface area (Å²) in [4.78, 5) is 47.5. The Balaban J connectivity index is 1.53. The molecule has 0 unspecified atom stereocenters. The van der Waals surface area contributed by atoms with Crippen LogP contribution >= 0.6 is 0 Å². The molecule has 4 aliphatic carbocycles. The van der Waals surface area contributed by atoms with Gasteiger partial charge in [0.1, 0.15) is 5.60 Å². The van der Waals surface area contributed by atoms with E-state index in [4.69, 9.17) is 9.84 Å². The zero-order valence-corrected chi connectivity index (χ0v) is 19.3. The molecule has 33 heavy (non-hydrogen) atoms. The van der Waals surface area contributed by atoms with Crippen LogP contribution in [0, 0.1) is 28.6 Å².